The van der Waals surface area contributed by atoms with E-state index in [0.29, 0.717) is 0 Å². The lowest BCUT2D eigenvalue weighted by Crippen LogP contribution is -2.41. The second kappa shape index (κ2) is 6.93. The molecule has 2 atom stereocenters. The van der Waals surface area contributed by atoms with Crippen LogP contribution in [0.15, 0.2) is 12.4 Å². The molecule has 1 heterocycles. The van der Waals surface area contributed by atoms with E-state index in [-0.39, 0.29) is 0 Å². The normalized spacial score (nSPS) is 24.6. The first kappa shape index (κ1) is 13.6. The van der Waals surface area contributed by atoms with Crippen molar-refractivity contribution in [3.05, 3.63) is 18.2 Å². The minimum Gasteiger partial charge on any atom is -0.349 e. The summed E-state index contributed by atoms with van der Waals surface area (Å²) in [5.41, 5.74) is 0. The van der Waals surface area contributed by atoms with Crippen molar-refractivity contribution in [2.75, 3.05) is 6.54 Å². The molecule has 0 spiro atoms. The summed E-state index contributed by atoms with van der Waals surface area (Å²) in [6.45, 7) is 5.86. The van der Waals surface area contributed by atoms with E-state index in [1.54, 1.807) is 0 Å². The number of aromatic nitrogens is 2. The van der Waals surface area contributed by atoms with Crippen molar-refractivity contribution in [3.63, 3.8) is 0 Å². The summed E-state index contributed by atoms with van der Waals surface area (Å²) < 4.78 is 0. The molecule has 3 heteroatoms. The standard InChI is InChI=1S/C15H27N3/c1-12(2)13-6-3-4-7-14(13)16-9-5-8-15-17-10-11-18-15/h10-14,16H,3-9H2,1-2H3,(H,17,18). The second-order valence-corrected chi connectivity index (χ2v) is 5.89. The van der Waals surface area contributed by atoms with E-state index in [1.807, 2.05) is 12.4 Å². The molecule has 1 aromatic heterocycles. The Hall–Kier alpha value is -0.830. The highest BCUT2D eigenvalue weighted by Crippen LogP contribution is 2.30. The highest BCUT2D eigenvalue weighted by atomic mass is 14.9. The lowest BCUT2D eigenvalue weighted by Gasteiger charge is -2.35. The van der Waals surface area contributed by atoms with Gasteiger partial charge in [-0.3, -0.25) is 0 Å². The van der Waals surface area contributed by atoms with Gasteiger partial charge in [0, 0.05) is 24.9 Å². The molecule has 18 heavy (non-hydrogen) atoms. The second-order valence-electron chi connectivity index (χ2n) is 5.89. The first-order valence-electron chi connectivity index (χ1n) is 7.49. The van der Waals surface area contributed by atoms with Gasteiger partial charge in [0.05, 0.1) is 0 Å². The molecule has 1 fully saturated rings. The van der Waals surface area contributed by atoms with Gasteiger partial charge in [-0.05, 0) is 37.6 Å². The van der Waals surface area contributed by atoms with Crippen LogP contribution in [0.2, 0.25) is 0 Å². The Labute approximate surface area is 111 Å². The fourth-order valence-electron chi connectivity index (χ4n) is 3.19. The van der Waals surface area contributed by atoms with Crippen molar-refractivity contribution in [1.82, 2.24) is 15.3 Å². The summed E-state index contributed by atoms with van der Waals surface area (Å²) in [5, 5.41) is 3.77. The molecule has 1 saturated carbocycles. The predicted octanol–water partition coefficient (Wildman–Crippen LogP) is 3.15. The molecular formula is C15H27N3. The van der Waals surface area contributed by atoms with Gasteiger partial charge < -0.3 is 10.3 Å². The fourth-order valence-corrected chi connectivity index (χ4v) is 3.19. The predicted molar refractivity (Wildman–Crippen MR) is 75.5 cm³/mol. The summed E-state index contributed by atoms with van der Waals surface area (Å²) in [6.07, 6.45) is 11.6. The molecule has 102 valence electrons. The van der Waals surface area contributed by atoms with E-state index in [0.717, 1.165) is 36.7 Å². The third-order valence-corrected chi connectivity index (χ3v) is 4.23. The van der Waals surface area contributed by atoms with Crippen LogP contribution in [0.25, 0.3) is 0 Å². The van der Waals surface area contributed by atoms with Crippen LogP contribution < -0.4 is 5.32 Å². The molecule has 1 aromatic rings. The van der Waals surface area contributed by atoms with Crippen molar-refractivity contribution < 1.29 is 0 Å². The summed E-state index contributed by atoms with van der Waals surface area (Å²) in [7, 11) is 0. The van der Waals surface area contributed by atoms with Crippen molar-refractivity contribution in [1.29, 1.82) is 0 Å². The average Bonchev–Trinajstić information content (AvgIpc) is 2.88. The van der Waals surface area contributed by atoms with Gasteiger partial charge in [-0.25, -0.2) is 4.98 Å². The lowest BCUT2D eigenvalue weighted by molar-refractivity contribution is 0.206. The Kier molecular flexibility index (Phi) is 5.24. The Bertz CT molecular complexity index is 318. The molecule has 0 radical (unpaired) electrons. The first-order chi connectivity index (χ1) is 8.77. The SMILES string of the molecule is CC(C)C1CCCCC1NCCCc1ncc[nH]1. The van der Waals surface area contributed by atoms with Gasteiger partial charge in [0.25, 0.3) is 0 Å². The molecule has 0 bridgehead atoms. The summed E-state index contributed by atoms with van der Waals surface area (Å²) in [4.78, 5) is 7.42. The van der Waals surface area contributed by atoms with Crippen LogP contribution in [0.4, 0.5) is 0 Å². The van der Waals surface area contributed by atoms with E-state index in [1.165, 1.54) is 32.1 Å². The number of aromatic amines is 1. The average molecular weight is 249 g/mol. The van der Waals surface area contributed by atoms with Crippen LogP contribution in [0.5, 0.6) is 0 Å². The van der Waals surface area contributed by atoms with Gasteiger partial charge >= 0.3 is 0 Å². The number of nitrogens with zero attached hydrogens (tertiary/aromatic N) is 1. The van der Waals surface area contributed by atoms with E-state index in [2.05, 4.69) is 29.1 Å². The van der Waals surface area contributed by atoms with Crippen LogP contribution in [0.3, 0.4) is 0 Å². The monoisotopic (exact) mass is 249 g/mol. The lowest BCUT2D eigenvalue weighted by atomic mass is 9.78. The van der Waals surface area contributed by atoms with Crippen LogP contribution in [0.1, 0.15) is 51.8 Å². The maximum Gasteiger partial charge on any atom is 0.106 e. The molecule has 0 aromatic carbocycles. The third-order valence-electron chi connectivity index (χ3n) is 4.23. The molecule has 0 amide bonds. The first-order valence-corrected chi connectivity index (χ1v) is 7.49. The minimum absolute atomic E-state index is 0.746. The highest BCUT2D eigenvalue weighted by molar-refractivity contribution is 4.87. The Morgan fingerprint density at radius 3 is 2.94 bits per heavy atom. The summed E-state index contributed by atoms with van der Waals surface area (Å²) in [6, 6.07) is 0.746. The van der Waals surface area contributed by atoms with Crippen molar-refractivity contribution >= 4 is 0 Å². The van der Waals surface area contributed by atoms with Gasteiger partial charge in [0.1, 0.15) is 5.82 Å². The Morgan fingerprint density at radius 1 is 1.39 bits per heavy atom. The Morgan fingerprint density at radius 2 is 2.22 bits per heavy atom. The van der Waals surface area contributed by atoms with Crippen molar-refractivity contribution in [2.24, 2.45) is 11.8 Å². The zero-order valence-corrected chi connectivity index (χ0v) is 11.8. The van der Waals surface area contributed by atoms with Crippen LogP contribution in [-0.2, 0) is 6.42 Å². The molecule has 1 aliphatic rings. The van der Waals surface area contributed by atoms with Crippen LogP contribution in [0, 0.1) is 11.8 Å². The van der Waals surface area contributed by atoms with Crippen LogP contribution in [-0.4, -0.2) is 22.6 Å². The number of hydrogen-bond acceptors (Lipinski definition) is 2. The number of rotatable bonds is 6. The minimum atomic E-state index is 0.746. The number of imidazole rings is 1. The molecule has 1 aliphatic carbocycles. The molecule has 0 saturated heterocycles. The zero-order chi connectivity index (χ0) is 12.8. The highest BCUT2D eigenvalue weighted by Gasteiger charge is 2.26. The fraction of sp³-hybridized carbons (Fsp3) is 0.800. The van der Waals surface area contributed by atoms with Gasteiger partial charge in [-0.1, -0.05) is 26.7 Å². The van der Waals surface area contributed by atoms with Gasteiger partial charge in [0.15, 0.2) is 0 Å². The largest absolute Gasteiger partial charge is 0.349 e. The smallest absolute Gasteiger partial charge is 0.106 e. The maximum absolute atomic E-state index is 4.26. The maximum atomic E-state index is 4.26. The van der Waals surface area contributed by atoms with E-state index >= 15 is 0 Å². The summed E-state index contributed by atoms with van der Waals surface area (Å²) >= 11 is 0. The molecule has 3 nitrogen and oxygen atoms in total. The number of H-pyrrole nitrogens is 1. The van der Waals surface area contributed by atoms with E-state index < -0.39 is 0 Å². The quantitative estimate of drug-likeness (QED) is 0.760. The molecule has 2 N–H and O–H groups in total. The Balaban J connectivity index is 1.68. The van der Waals surface area contributed by atoms with Gasteiger partial charge in [0.2, 0.25) is 0 Å². The van der Waals surface area contributed by atoms with Crippen molar-refractivity contribution in [3.8, 4) is 0 Å². The molecule has 2 rings (SSSR count). The van der Waals surface area contributed by atoms with Crippen LogP contribution >= 0.6 is 0 Å². The molecule has 0 aliphatic heterocycles. The number of hydrogen-bond donors (Lipinski definition) is 2. The van der Waals surface area contributed by atoms with Crippen molar-refractivity contribution in [2.45, 2.75) is 58.4 Å². The van der Waals surface area contributed by atoms with Gasteiger partial charge in [-0.2, -0.15) is 0 Å². The molecular weight excluding hydrogens is 222 g/mol. The van der Waals surface area contributed by atoms with Gasteiger partial charge in [-0.15, -0.1) is 0 Å². The summed E-state index contributed by atoms with van der Waals surface area (Å²) in [5.74, 6) is 2.80. The number of aryl methyl sites for hydroxylation is 1. The topological polar surface area (TPSA) is 40.7 Å². The van der Waals surface area contributed by atoms with E-state index in [4.69, 9.17) is 0 Å². The number of nitrogens with one attached hydrogen (secondary N) is 2. The van der Waals surface area contributed by atoms with E-state index in [9.17, 15) is 0 Å². The molecule has 2 unspecified atom stereocenters. The zero-order valence-electron chi connectivity index (χ0n) is 11.8. The third kappa shape index (κ3) is 3.84.